The Hall–Kier alpha value is -2.44. The van der Waals surface area contributed by atoms with Crippen molar-refractivity contribution in [2.24, 2.45) is 0 Å². The normalized spacial score (nSPS) is 17.8. The summed E-state index contributed by atoms with van der Waals surface area (Å²) < 4.78 is 11.0. The molecule has 1 fully saturated rings. The summed E-state index contributed by atoms with van der Waals surface area (Å²) in [6.07, 6.45) is 4.55. The van der Waals surface area contributed by atoms with Gasteiger partial charge in [-0.05, 0) is 39.2 Å². The number of ether oxygens (including phenoxy) is 1. The molecule has 0 unspecified atom stereocenters. The van der Waals surface area contributed by atoms with E-state index in [1.54, 1.807) is 18.3 Å². The predicted molar refractivity (Wildman–Crippen MR) is 86.6 cm³/mol. The van der Waals surface area contributed by atoms with Crippen LogP contribution in [0.1, 0.15) is 36.3 Å². The predicted octanol–water partition coefficient (Wildman–Crippen LogP) is 2.08. The molecule has 0 N–H and O–H groups in total. The molecule has 7 nitrogen and oxygen atoms in total. The number of amides is 1. The number of nitrogens with zero attached hydrogens (tertiary/aromatic N) is 4. The molecule has 7 heteroatoms. The van der Waals surface area contributed by atoms with Gasteiger partial charge in [-0.2, -0.15) is 5.10 Å². The maximum Gasteiger partial charge on any atom is 0.233 e. The Morgan fingerprint density at radius 2 is 2.33 bits per heavy atom. The molecule has 0 bridgehead atoms. The van der Waals surface area contributed by atoms with Crippen LogP contribution in [-0.4, -0.2) is 45.4 Å². The van der Waals surface area contributed by atoms with E-state index >= 15 is 0 Å². The average Bonchev–Trinajstić information content (AvgIpc) is 2.92. The first kappa shape index (κ1) is 16.4. The van der Waals surface area contributed by atoms with Crippen molar-refractivity contribution in [3.05, 3.63) is 35.3 Å². The van der Waals surface area contributed by atoms with E-state index in [2.05, 4.69) is 15.4 Å². The lowest BCUT2D eigenvalue weighted by Gasteiger charge is -2.32. The monoisotopic (exact) mass is 330 g/mol. The molecule has 1 saturated heterocycles. The van der Waals surface area contributed by atoms with Gasteiger partial charge in [0, 0.05) is 30.8 Å². The minimum absolute atomic E-state index is 0.0292. The van der Waals surface area contributed by atoms with Crippen molar-refractivity contribution in [1.29, 1.82) is 0 Å². The Morgan fingerprint density at radius 1 is 1.46 bits per heavy atom. The van der Waals surface area contributed by atoms with Gasteiger partial charge in [0.05, 0.1) is 12.2 Å². The van der Waals surface area contributed by atoms with Gasteiger partial charge in [0.15, 0.2) is 0 Å². The second-order valence-corrected chi connectivity index (χ2v) is 6.09. The molecule has 1 aliphatic heterocycles. The molecular weight excluding hydrogens is 308 g/mol. The van der Waals surface area contributed by atoms with E-state index < -0.39 is 0 Å². The summed E-state index contributed by atoms with van der Waals surface area (Å²) in [5.74, 6) is 1.44. The van der Waals surface area contributed by atoms with Gasteiger partial charge in [-0.1, -0.05) is 5.16 Å². The fourth-order valence-corrected chi connectivity index (χ4v) is 3.03. The van der Waals surface area contributed by atoms with Gasteiger partial charge in [0.2, 0.25) is 11.8 Å². The maximum atomic E-state index is 12.5. The van der Waals surface area contributed by atoms with Crippen molar-refractivity contribution in [2.45, 2.75) is 45.6 Å². The molecule has 2 aromatic rings. The third-order valence-electron chi connectivity index (χ3n) is 4.34. The van der Waals surface area contributed by atoms with Crippen molar-refractivity contribution in [2.75, 3.05) is 13.1 Å². The Balaban J connectivity index is 1.53. The summed E-state index contributed by atoms with van der Waals surface area (Å²) in [6, 6.07) is 3.57. The molecule has 3 heterocycles. The van der Waals surface area contributed by atoms with Crippen LogP contribution < -0.4 is 4.74 Å². The topological polar surface area (TPSA) is 81.4 Å². The molecule has 0 aliphatic carbocycles. The minimum atomic E-state index is -0.0292. The van der Waals surface area contributed by atoms with Crippen LogP contribution in [0.15, 0.2) is 22.9 Å². The van der Waals surface area contributed by atoms with Crippen molar-refractivity contribution in [1.82, 2.24) is 20.3 Å². The molecule has 1 atom stereocenters. The standard InChI is InChI=1S/C17H22N4O3/c1-12-15(13(2)24-20-12)7-8-17(22)21-10-4-5-14(11-21)23-16-6-3-9-18-19-16/h3,6,9,14H,4-5,7-8,10-11H2,1-2H3/t14-/m1/s1. The number of hydrogen-bond acceptors (Lipinski definition) is 6. The van der Waals surface area contributed by atoms with Crippen LogP contribution in [0.4, 0.5) is 0 Å². The molecule has 0 aromatic carbocycles. The van der Waals surface area contributed by atoms with Gasteiger partial charge >= 0.3 is 0 Å². The number of likely N-dealkylation sites (tertiary alicyclic amines) is 1. The van der Waals surface area contributed by atoms with Crippen molar-refractivity contribution >= 4 is 5.91 Å². The van der Waals surface area contributed by atoms with Crippen LogP contribution in [0.3, 0.4) is 0 Å². The van der Waals surface area contributed by atoms with E-state index in [0.717, 1.165) is 36.4 Å². The lowest BCUT2D eigenvalue weighted by Crippen LogP contribution is -2.44. The van der Waals surface area contributed by atoms with E-state index in [1.807, 2.05) is 18.7 Å². The van der Waals surface area contributed by atoms with Gasteiger partial charge in [0.25, 0.3) is 0 Å². The van der Waals surface area contributed by atoms with Crippen LogP contribution >= 0.6 is 0 Å². The summed E-state index contributed by atoms with van der Waals surface area (Å²) in [6.45, 7) is 5.16. The molecule has 0 radical (unpaired) electrons. The van der Waals surface area contributed by atoms with Crippen LogP contribution in [0.25, 0.3) is 0 Å². The molecule has 128 valence electrons. The molecule has 1 amide bonds. The third kappa shape index (κ3) is 3.90. The van der Waals surface area contributed by atoms with Crippen LogP contribution in [-0.2, 0) is 11.2 Å². The number of piperidine rings is 1. The van der Waals surface area contributed by atoms with Gasteiger partial charge in [-0.25, -0.2) is 0 Å². The zero-order valence-electron chi connectivity index (χ0n) is 14.1. The third-order valence-corrected chi connectivity index (χ3v) is 4.34. The van der Waals surface area contributed by atoms with Crippen LogP contribution in [0.5, 0.6) is 5.88 Å². The highest BCUT2D eigenvalue weighted by Crippen LogP contribution is 2.19. The Labute approximate surface area is 141 Å². The molecule has 0 spiro atoms. The van der Waals surface area contributed by atoms with Crippen molar-refractivity contribution in [3.8, 4) is 5.88 Å². The van der Waals surface area contributed by atoms with Crippen LogP contribution in [0, 0.1) is 13.8 Å². The Morgan fingerprint density at radius 3 is 3.04 bits per heavy atom. The Bertz CT molecular complexity index is 667. The highest BCUT2D eigenvalue weighted by molar-refractivity contribution is 5.76. The van der Waals surface area contributed by atoms with Gasteiger partial charge in [0.1, 0.15) is 11.9 Å². The molecule has 24 heavy (non-hydrogen) atoms. The lowest BCUT2D eigenvalue weighted by atomic mass is 10.1. The van der Waals surface area contributed by atoms with Crippen molar-refractivity contribution < 1.29 is 14.1 Å². The quantitative estimate of drug-likeness (QED) is 0.835. The van der Waals surface area contributed by atoms with E-state index in [-0.39, 0.29) is 12.0 Å². The van der Waals surface area contributed by atoms with E-state index in [9.17, 15) is 4.79 Å². The molecule has 0 saturated carbocycles. The minimum Gasteiger partial charge on any atom is -0.471 e. The smallest absolute Gasteiger partial charge is 0.233 e. The summed E-state index contributed by atoms with van der Waals surface area (Å²) in [4.78, 5) is 14.4. The SMILES string of the molecule is Cc1noc(C)c1CCC(=O)N1CCC[C@@H](Oc2cccnn2)C1. The maximum absolute atomic E-state index is 12.5. The summed E-state index contributed by atoms with van der Waals surface area (Å²) in [5.41, 5.74) is 1.90. The average molecular weight is 330 g/mol. The lowest BCUT2D eigenvalue weighted by molar-refractivity contribution is -0.133. The number of aromatic nitrogens is 3. The largest absolute Gasteiger partial charge is 0.471 e. The van der Waals surface area contributed by atoms with Gasteiger partial charge in [-0.3, -0.25) is 4.79 Å². The first-order valence-electron chi connectivity index (χ1n) is 8.27. The summed E-state index contributed by atoms with van der Waals surface area (Å²) in [5, 5.41) is 11.7. The van der Waals surface area contributed by atoms with E-state index in [4.69, 9.17) is 9.26 Å². The first-order chi connectivity index (χ1) is 11.6. The molecular formula is C17H22N4O3. The van der Waals surface area contributed by atoms with E-state index in [1.165, 1.54) is 0 Å². The summed E-state index contributed by atoms with van der Waals surface area (Å²) in [7, 11) is 0. The fourth-order valence-electron chi connectivity index (χ4n) is 3.03. The van der Waals surface area contributed by atoms with Gasteiger partial charge < -0.3 is 14.2 Å². The number of hydrogen-bond donors (Lipinski definition) is 0. The molecule has 2 aromatic heterocycles. The summed E-state index contributed by atoms with van der Waals surface area (Å²) >= 11 is 0. The number of carbonyl (C=O) groups excluding carboxylic acids is 1. The van der Waals surface area contributed by atoms with Crippen molar-refractivity contribution in [3.63, 3.8) is 0 Å². The second-order valence-electron chi connectivity index (χ2n) is 6.09. The fraction of sp³-hybridized carbons (Fsp3) is 0.529. The van der Waals surface area contributed by atoms with Gasteiger partial charge in [-0.15, -0.1) is 5.10 Å². The first-order valence-corrected chi connectivity index (χ1v) is 8.27. The van der Waals surface area contributed by atoms with Crippen LogP contribution in [0.2, 0.25) is 0 Å². The zero-order valence-corrected chi connectivity index (χ0v) is 14.1. The Kier molecular flexibility index (Phi) is 5.08. The highest BCUT2D eigenvalue weighted by atomic mass is 16.5. The number of aryl methyl sites for hydroxylation is 2. The molecule has 3 rings (SSSR count). The second kappa shape index (κ2) is 7.42. The highest BCUT2D eigenvalue weighted by Gasteiger charge is 2.25. The van der Waals surface area contributed by atoms with E-state index in [0.29, 0.717) is 25.3 Å². The zero-order chi connectivity index (χ0) is 16.9. The molecule has 1 aliphatic rings. The number of carbonyl (C=O) groups is 1. The number of rotatable bonds is 5.